The van der Waals surface area contributed by atoms with Crippen LogP contribution in [0.2, 0.25) is 0 Å². The number of benzene rings is 1. The molecule has 1 N–H and O–H groups in total. The summed E-state index contributed by atoms with van der Waals surface area (Å²) in [5.41, 5.74) is 6.13. The number of piperidine rings is 1. The van der Waals surface area contributed by atoms with E-state index in [2.05, 4.69) is 68.5 Å². The van der Waals surface area contributed by atoms with Crippen LogP contribution in [0.1, 0.15) is 29.8 Å². The molecule has 2 aliphatic heterocycles. The Morgan fingerprint density at radius 1 is 1.00 bits per heavy atom. The average molecular weight is 414 g/mol. The molecule has 6 heteroatoms. The topological polar surface area (TPSA) is 61.4 Å². The molecule has 0 aliphatic carbocycles. The van der Waals surface area contributed by atoms with Crippen LogP contribution in [0.4, 0.5) is 22.9 Å². The van der Waals surface area contributed by atoms with Crippen LogP contribution in [0.25, 0.3) is 0 Å². The van der Waals surface area contributed by atoms with Crippen LogP contribution in [-0.2, 0) is 10.2 Å². The number of aromatic nitrogens is 2. The number of carbonyl (C=O) groups is 1. The van der Waals surface area contributed by atoms with Crippen LogP contribution in [0.3, 0.4) is 0 Å². The van der Waals surface area contributed by atoms with Crippen LogP contribution in [0.15, 0.2) is 54.7 Å². The minimum Gasteiger partial charge on any atom is -0.371 e. The van der Waals surface area contributed by atoms with Crippen molar-refractivity contribution in [2.24, 2.45) is 0 Å². The number of hydrogen-bond donors (Lipinski definition) is 1. The summed E-state index contributed by atoms with van der Waals surface area (Å²) in [5.74, 6) is 0.829. The number of fused-ring (bicyclic) bond motifs is 2. The van der Waals surface area contributed by atoms with Gasteiger partial charge >= 0.3 is 0 Å². The predicted octanol–water partition coefficient (Wildman–Crippen LogP) is 4.35. The summed E-state index contributed by atoms with van der Waals surface area (Å²) < 4.78 is 0. The number of pyridine rings is 2. The molecule has 2 aromatic heterocycles. The fourth-order valence-corrected chi connectivity index (χ4v) is 4.93. The summed E-state index contributed by atoms with van der Waals surface area (Å²) in [4.78, 5) is 26.1. The lowest BCUT2D eigenvalue weighted by Gasteiger charge is -2.39. The van der Waals surface area contributed by atoms with Crippen LogP contribution in [0.5, 0.6) is 0 Å². The van der Waals surface area contributed by atoms with Crippen LogP contribution >= 0.6 is 0 Å². The number of nitrogens with one attached hydrogen (secondary N) is 1. The quantitative estimate of drug-likeness (QED) is 0.692. The van der Waals surface area contributed by atoms with Gasteiger partial charge in [-0.15, -0.1) is 0 Å². The van der Waals surface area contributed by atoms with E-state index in [0.29, 0.717) is 0 Å². The molecule has 0 saturated carbocycles. The molecule has 5 rings (SSSR count). The Bertz CT molecular complexity index is 1110. The van der Waals surface area contributed by atoms with E-state index in [-0.39, 0.29) is 5.91 Å². The Morgan fingerprint density at radius 3 is 2.35 bits per heavy atom. The van der Waals surface area contributed by atoms with Crippen molar-refractivity contribution in [3.8, 4) is 0 Å². The zero-order valence-electron chi connectivity index (χ0n) is 18.2. The van der Waals surface area contributed by atoms with E-state index in [1.165, 1.54) is 5.69 Å². The first-order valence-corrected chi connectivity index (χ1v) is 10.8. The third kappa shape index (κ3) is 3.32. The number of rotatable bonds is 3. The van der Waals surface area contributed by atoms with Crippen molar-refractivity contribution in [1.29, 1.82) is 0 Å². The van der Waals surface area contributed by atoms with E-state index in [9.17, 15) is 4.79 Å². The van der Waals surface area contributed by atoms with E-state index in [4.69, 9.17) is 0 Å². The lowest BCUT2D eigenvalue weighted by Crippen LogP contribution is -2.46. The summed E-state index contributed by atoms with van der Waals surface area (Å²) >= 11 is 0. The summed E-state index contributed by atoms with van der Waals surface area (Å²) in [5, 5.41) is 2.98. The van der Waals surface area contributed by atoms with Gasteiger partial charge in [0.05, 0.1) is 5.41 Å². The van der Waals surface area contributed by atoms with Crippen LogP contribution < -0.4 is 15.1 Å². The van der Waals surface area contributed by atoms with Crippen molar-refractivity contribution in [2.75, 3.05) is 35.3 Å². The molecule has 2 aliphatic rings. The highest BCUT2D eigenvalue weighted by Gasteiger charge is 2.48. The van der Waals surface area contributed by atoms with Gasteiger partial charge in [-0.05, 0) is 69.2 Å². The molecule has 0 atom stereocenters. The molecule has 1 saturated heterocycles. The maximum atomic E-state index is 12.8. The smallest absolute Gasteiger partial charge is 0.236 e. The Balaban J connectivity index is 1.31. The number of hydrogen-bond acceptors (Lipinski definition) is 5. The van der Waals surface area contributed by atoms with Gasteiger partial charge in [0.15, 0.2) is 0 Å². The molecule has 3 aromatic rings. The van der Waals surface area contributed by atoms with Crippen molar-refractivity contribution in [2.45, 2.75) is 32.1 Å². The minimum atomic E-state index is -0.433. The maximum Gasteiger partial charge on any atom is 0.236 e. The van der Waals surface area contributed by atoms with E-state index in [1.807, 2.05) is 26.0 Å². The van der Waals surface area contributed by atoms with E-state index >= 15 is 0 Å². The van der Waals surface area contributed by atoms with Crippen molar-refractivity contribution in [3.05, 3.63) is 71.7 Å². The first-order valence-electron chi connectivity index (χ1n) is 10.8. The highest BCUT2D eigenvalue weighted by molar-refractivity contribution is 6.05. The first-order chi connectivity index (χ1) is 15.0. The Hall–Kier alpha value is -3.41. The summed E-state index contributed by atoms with van der Waals surface area (Å²) in [6.07, 6.45) is 3.34. The van der Waals surface area contributed by atoms with Crippen molar-refractivity contribution in [1.82, 2.24) is 9.97 Å². The number of aryl methyl sites for hydroxylation is 2. The minimum absolute atomic E-state index is 0.0979. The standard InChI is InChI=1S/C25H27N5O/c1-17-15-21(16-18(2)27-17)29(3)19-6-8-20(9-7-19)30-13-10-25(11-14-30)22-5-4-12-26-23(22)28-24(25)31/h4-9,12,15-16H,10-11,13-14H2,1-3H3,(H,26,28,31). The molecule has 1 fully saturated rings. The second-order valence-corrected chi connectivity index (χ2v) is 8.61. The van der Waals surface area contributed by atoms with E-state index in [0.717, 1.165) is 60.1 Å². The molecule has 1 aromatic carbocycles. The highest BCUT2D eigenvalue weighted by Crippen LogP contribution is 2.44. The largest absolute Gasteiger partial charge is 0.371 e. The first kappa shape index (κ1) is 19.5. The molecule has 0 bridgehead atoms. The fourth-order valence-electron chi connectivity index (χ4n) is 4.93. The maximum absolute atomic E-state index is 12.8. The van der Waals surface area contributed by atoms with E-state index in [1.54, 1.807) is 6.20 Å². The Labute approximate surface area is 182 Å². The molecule has 0 radical (unpaired) electrons. The zero-order valence-corrected chi connectivity index (χ0v) is 18.2. The average Bonchev–Trinajstić information content (AvgIpc) is 3.04. The monoisotopic (exact) mass is 413 g/mol. The zero-order chi connectivity index (χ0) is 21.6. The fraction of sp³-hybridized carbons (Fsp3) is 0.320. The molecule has 1 spiro atoms. The lowest BCUT2D eigenvalue weighted by atomic mass is 9.74. The molecule has 31 heavy (non-hydrogen) atoms. The van der Waals surface area contributed by atoms with Crippen molar-refractivity contribution < 1.29 is 4.79 Å². The lowest BCUT2D eigenvalue weighted by molar-refractivity contribution is -0.121. The summed E-state index contributed by atoms with van der Waals surface area (Å²) in [6, 6.07) is 16.8. The number of nitrogens with zero attached hydrogens (tertiary/aromatic N) is 4. The number of carbonyl (C=O) groups excluding carboxylic acids is 1. The van der Waals surface area contributed by atoms with Crippen LogP contribution in [-0.4, -0.2) is 36.0 Å². The number of amides is 1. The van der Waals surface area contributed by atoms with Gasteiger partial charge in [0.25, 0.3) is 0 Å². The second-order valence-electron chi connectivity index (χ2n) is 8.61. The van der Waals surface area contributed by atoms with Crippen molar-refractivity contribution >= 4 is 28.8 Å². The molecule has 6 nitrogen and oxygen atoms in total. The van der Waals surface area contributed by atoms with Gasteiger partial charge in [0.2, 0.25) is 5.91 Å². The highest BCUT2D eigenvalue weighted by atomic mass is 16.2. The van der Waals surface area contributed by atoms with Gasteiger partial charge in [0.1, 0.15) is 5.82 Å². The third-order valence-electron chi connectivity index (χ3n) is 6.66. The molecule has 4 heterocycles. The number of anilines is 4. The molecule has 158 valence electrons. The SMILES string of the molecule is Cc1cc(N(C)c2ccc(N3CCC4(CC3)C(=O)Nc3ncccc34)cc2)cc(C)n1. The molecule has 1 amide bonds. The van der Waals surface area contributed by atoms with Crippen LogP contribution in [0, 0.1) is 13.8 Å². The normalized spacial score (nSPS) is 16.9. The van der Waals surface area contributed by atoms with Gasteiger partial charge in [-0.3, -0.25) is 9.78 Å². The molecular weight excluding hydrogens is 386 g/mol. The van der Waals surface area contributed by atoms with Gasteiger partial charge in [-0.25, -0.2) is 4.98 Å². The van der Waals surface area contributed by atoms with Gasteiger partial charge in [-0.2, -0.15) is 0 Å². The van der Waals surface area contributed by atoms with Gasteiger partial charge < -0.3 is 15.1 Å². The van der Waals surface area contributed by atoms with Crippen molar-refractivity contribution in [3.63, 3.8) is 0 Å². The van der Waals surface area contributed by atoms with E-state index < -0.39 is 5.41 Å². The predicted molar refractivity (Wildman–Crippen MR) is 124 cm³/mol. The van der Waals surface area contributed by atoms with Gasteiger partial charge in [0, 0.05) is 60.3 Å². The Morgan fingerprint density at radius 2 is 1.68 bits per heavy atom. The second kappa shape index (κ2) is 7.38. The summed E-state index contributed by atoms with van der Waals surface area (Å²) in [7, 11) is 2.08. The molecule has 0 unspecified atom stereocenters. The summed E-state index contributed by atoms with van der Waals surface area (Å²) in [6.45, 7) is 5.74. The Kier molecular flexibility index (Phi) is 4.65. The molecular formula is C25H27N5O. The van der Waals surface area contributed by atoms with Gasteiger partial charge in [-0.1, -0.05) is 6.07 Å². The third-order valence-corrected chi connectivity index (χ3v) is 6.66.